The van der Waals surface area contributed by atoms with Crippen molar-refractivity contribution in [3.63, 3.8) is 0 Å². The molecule has 0 bridgehead atoms. The van der Waals surface area contributed by atoms with E-state index in [0.717, 1.165) is 0 Å². The minimum Gasteiger partial charge on any atom is -0.205 e. The van der Waals surface area contributed by atoms with Crippen LogP contribution in [-0.2, 0) is 24.7 Å². The van der Waals surface area contributed by atoms with Gasteiger partial charge in [0.25, 0.3) is 0 Å². The Bertz CT molecular complexity index is 3440. The lowest BCUT2D eigenvalue weighted by Crippen LogP contribution is -2.19. The predicted octanol–water partition coefficient (Wildman–Crippen LogP) is 19.4. The third-order valence-corrected chi connectivity index (χ3v) is 11.6. The van der Waals surface area contributed by atoms with Gasteiger partial charge in [-0.05, 0) is 0 Å². The van der Waals surface area contributed by atoms with Crippen LogP contribution in [0.2, 0.25) is 0 Å². The number of hydrogen-bond acceptors (Lipinski definition) is 0. The van der Waals surface area contributed by atoms with Gasteiger partial charge in [-0.25, -0.2) is 114 Å². The molecule has 0 N–H and O–H groups in total. The quantitative estimate of drug-likeness (QED) is 0.115. The van der Waals surface area contributed by atoms with E-state index in [-0.39, 0.29) is 0 Å². The Morgan fingerprint density at radius 1 is 0.107 bits per heavy atom. The first kappa shape index (κ1) is 63.5. The highest BCUT2D eigenvalue weighted by Gasteiger charge is 2.50. The van der Waals surface area contributed by atoms with Crippen LogP contribution >= 0.6 is 0 Å². The molecular formula is C46F38. The fourth-order valence-corrected chi connectivity index (χ4v) is 8.12. The predicted molar refractivity (Wildman–Crippen MR) is 198 cm³/mol. The van der Waals surface area contributed by atoms with Crippen molar-refractivity contribution in [2.24, 2.45) is 0 Å². The molecule has 450 valence electrons. The van der Waals surface area contributed by atoms with Crippen molar-refractivity contribution in [2.45, 2.75) is 24.7 Å². The number of hydrogen-bond donors (Lipinski definition) is 0. The smallest absolute Gasteiger partial charge is 0.205 e. The van der Waals surface area contributed by atoms with Crippen LogP contribution in [0, 0.1) is 151 Å². The average Bonchev–Trinajstić information content (AvgIpc) is 1.09. The fraction of sp³-hybridized carbons (Fsp3) is 0.0870. The maximum atomic E-state index is 16.7. The van der Waals surface area contributed by atoms with Gasteiger partial charge >= 0.3 is 24.7 Å². The molecule has 0 nitrogen and oxygen atoms in total. The Hall–Kier alpha value is -8.12. The zero-order valence-corrected chi connectivity index (χ0v) is 37.4. The third kappa shape index (κ3) is 9.08. The van der Waals surface area contributed by atoms with Gasteiger partial charge in [0.2, 0.25) is 0 Å². The minimum atomic E-state index is -6.71. The topological polar surface area (TPSA) is 0 Å². The largest absolute Gasteiger partial charge is 0.422 e. The van der Waals surface area contributed by atoms with E-state index in [1.807, 2.05) is 0 Å². The summed E-state index contributed by atoms with van der Waals surface area (Å²) in [6.45, 7) is 0. The van der Waals surface area contributed by atoms with E-state index in [4.69, 9.17) is 0 Å². The summed E-state index contributed by atoms with van der Waals surface area (Å²) in [6.07, 6.45) is -26.8. The number of benzene rings is 7. The highest BCUT2D eigenvalue weighted by Crippen LogP contribution is 2.54. The van der Waals surface area contributed by atoms with Gasteiger partial charge in [-0.15, -0.1) is 0 Å². The lowest BCUT2D eigenvalue weighted by atomic mass is 9.86. The Balaban J connectivity index is 1.76. The number of rotatable bonds is 6. The van der Waals surface area contributed by atoms with Crippen molar-refractivity contribution in [3.05, 3.63) is 174 Å². The van der Waals surface area contributed by atoms with E-state index in [1.54, 1.807) is 0 Å². The standard InChI is InChI=1S/C46F38/c47-17-1(18(48)4(10-29(59)37(67)14(44(76,77)78)38(68)30(10)60)21(51)3(17)9-27(57)35(65)13(43(73,74)75)36(66)28(9)58)7-23(53)25(55)8(26(56)24(7)54)2-19(49)5(11-31(61)39(69)15(45(79,80)81)40(70)32(11)62)22(52)6(20(2)50)12-33(63)41(71)16(46(82,83)84)42(72)34(12)64. The van der Waals surface area contributed by atoms with E-state index in [0.29, 0.717) is 0 Å². The fourth-order valence-electron chi connectivity index (χ4n) is 8.12. The van der Waals surface area contributed by atoms with Crippen LogP contribution in [0.3, 0.4) is 0 Å². The van der Waals surface area contributed by atoms with Gasteiger partial charge in [-0.1, -0.05) is 0 Å². The molecule has 0 heterocycles. The van der Waals surface area contributed by atoms with Gasteiger partial charge in [-0.2, -0.15) is 52.7 Å². The molecule has 0 fully saturated rings. The molecule has 0 amide bonds. The molecule has 38 heteroatoms. The maximum Gasteiger partial charge on any atom is 0.422 e. The van der Waals surface area contributed by atoms with E-state index in [1.165, 1.54) is 0 Å². The molecule has 7 aromatic rings. The molecule has 0 aliphatic carbocycles. The van der Waals surface area contributed by atoms with Crippen LogP contribution in [0.4, 0.5) is 167 Å². The molecule has 0 spiro atoms. The van der Waals surface area contributed by atoms with Gasteiger partial charge < -0.3 is 0 Å². The lowest BCUT2D eigenvalue weighted by Gasteiger charge is -2.22. The van der Waals surface area contributed by atoms with Crippen molar-refractivity contribution in [3.8, 4) is 66.8 Å². The molecule has 0 radical (unpaired) electrons. The second kappa shape index (κ2) is 20.3. The van der Waals surface area contributed by atoms with Crippen molar-refractivity contribution in [1.82, 2.24) is 0 Å². The summed E-state index contributed by atoms with van der Waals surface area (Å²) in [6, 6.07) is 0. The van der Waals surface area contributed by atoms with Gasteiger partial charge in [0, 0.05) is 0 Å². The number of alkyl halides is 12. The first-order chi connectivity index (χ1) is 38.2. The summed E-state index contributed by atoms with van der Waals surface area (Å²) in [4.78, 5) is 0. The molecule has 0 saturated carbocycles. The third-order valence-electron chi connectivity index (χ3n) is 11.6. The van der Waals surface area contributed by atoms with Gasteiger partial charge in [0.1, 0.15) is 57.2 Å². The summed E-state index contributed by atoms with van der Waals surface area (Å²) in [5.41, 5.74) is -59.7. The van der Waals surface area contributed by atoms with Crippen LogP contribution in [-0.4, -0.2) is 0 Å². The van der Waals surface area contributed by atoms with E-state index in [2.05, 4.69) is 0 Å². The van der Waals surface area contributed by atoms with Crippen molar-refractivity contribution in [1.29, 1.82) is 0 Å². The van der Waals surface area contributed by atoms with Crippen LogP contribution in [0.25, 0.3) is 66.8 Å². The molecule has 0 atom stereocenters. The maximum absolute atomic E-state index is 16.7. The molecule has 0 aliphatic heterocycles. The summed E-state index contributed by atoms with van der Waals surface area (Å²) < 4.78 is 570. The van der Waals surface area contributed by atoms with Gasteiger partial charge in [0.15, 0.2) is 116 Å². The second-order valence-electron chi connectivity index (χ2n) is 16.2. The summed E-state index contributed by atoms with van der Waals surface area (Å²) >= 11 is 0. The first-order valence-electron chi connectivity index (χ1n) is 20.2. The molecule has 0 saturated heterocycles. The number of halogens is 38. The van der Waals surface area contributed by atoms with E-state index >= 15 is 79.0 Å². The van der Waals surface area contributed by atoms with E-state index < -0.39 is 265 Å². The molecule has 0 aliphatic rings. The Morgan fingerprint density at radius 2 is 0.179 bits per heavy atom. The lowest BCUT2D eigenvalue weighted by molar-refractivity contribution is -0.144. The average molecular weight is 1270 g/mol. The van der Waals surface area contributed by atoms with Crippen molar-refractivity contribution in [2.75, 3.05) is 0 Å². The molecule has 7 aromatic carbocycles. The Morgan fingerprint density at radius 3 is 0.262 bits per heavy atom. The van der Waals surface area contributed by atoms with Crippen molar-refractivity contribution < 1.29 is 167 Å². The van der Waals surface area contributed by atoms with Crippen LogP contribution < -0.4 is 0 Å². The summed E-state index contributed by atoms with van der Waals surface area (Å²) in [7, 11) is 0. The van der Waals surface area contributed by atoms with Crippen LogP contribution in [0.15, 0.2) is 0 Å². The minimum absolute atomic E-state index is 3.62. The highest BCUT2D eigenvalue weighted by molar-refractivity contribution is 5.89. The first-order valence-corrected chi connectivity index (χ1v) is 20.2. The molecular weight excluding hydrogens is 1270 g/mol. The molecule has 84 heavy (non-hydrogen) atoms. The molecule has 7 rings (SSSR count). The van der Waals surface area contributed by atoms with Gasteiger partial charge in [-0.3, -0.25) is 0 Å². The zero-order valence-electron chi connectivity index (χ0n) is 37.4. The highest BCUT2D eigenvalue weighted by atomic mass is 19.4. The van der Waals surface area contributed by atoms with Crippen LogP contribution in [0.5, 0.6) is 0 Å². The monoisotopic (exact) mass is 1270 g/mol. The summed E-state index contributed by atoms with van der Waals surface area (Å²) in [5.74, 6) is -104. The molecule has 0 unspecified atom stereocenters. The normalized spacial score (nSPS) is 12.6. The van der Waals surface area contributed by atoms with Crippen molar-refractivity contribution >= 4 is 0 Å². The zero-order chi connectivity index (χ0) is 64.2. The van der Waals surface area contributed by atoms with Gasteiger partial charge in [0.05, 0.1) is 66.8 Å². The second-order valence-corrected chi connectivity index (χ2v) is 16.2. The Labute approximate surface area is 432 Å². The molecule has 0 aromatic heterocycles. The summed E-state index contributed by atoms with van der Waals surface area (Å²) in [5, 5.41) is 0. The van der Waals surface area contributed by atoms with Crippen LogP contribution in [0.1, 0.15) is 22.3 Å². The SMILES string of the molecule is Fc1c(F)c(-c2c(F)c(-c3c(F)c(F)c(C(F)(F)F)c(F)c3F)c(F)c(-c3c(F)c(F)c(C(F)(F)F)c(F)c3F)c2F)c(F)c(F)c1-c1c(F)c(-c2c(F)c(F)c(C(F)(F)F)c(F)c2F)c(F)c(-c2c(F)c(F)c(C(F)(F)F)c(F)c2F)c1F. The van der Waals surface area contributed by atoms with E-state index in [9.17, 15) is 87.8 Å². The Kier molecular flexibility index (Phi) is 15.3.